The number of aryl methyl sites for hydroxylation is 1. The Morgan fingerprint density at radius 3 is 2.71 bits per heavy atom. The van der Waals surface area contributed by atoms with Gasteiger partial charge in [0.25, 0.3) is 0 Å². The van der Waals surface area contributed by atoms with Crippen LogP contribution < -0.4 is 14.8 Å². The van der Waals surface area contributed by atoms with Gasteiger partial charge < -0.3 is 19.5 Å². The third-order valence-corrected chi connectivity index (χ3v) is 5.16. The number of benzene rings is 2. The van der Waals surface area contributed by atoms with Gasteiger partial charge in [-0.2, -0.15) is 0 Å². The summed E-state index contributed by atoms with van der Waals surface area (Å²) in [6.07, 6.45) is 1.18. The normalized spacial score (nSPS) is 24.7. The first-order chi connectivity index (χ1) is 11.7. The second kappa shape index (κ2) is 6.02. The summed E-state index contributed by atoms with van der Waals surface area (Å²) < 4.78 is 17.2. The Morgan fingerprint density at radius 1 is 1.04 bits per heavy atom. The summed E-state index contributed by atoms with van der Waals surface area (Å²) in [6, 6.07) is 12.7. The number of fused-ring (bicyclic) bond motifs is 3. The molecule has 1 fully saturated rings. The molecule has 4 heteroatoms. The van der Waals surface area contributed by atoms with E-state index in [1.807, 2.05) is 12.1 Å². The predicted molar refractivity (Wildman–Crippen MR) is 93.9 cm³/mol. The number of ether oxygens (including phenoxy) is 3. The third kappa shape index (κ3) is 2.42. The molecular formula is C20H23NO3. The Labute approximate surface area is 142 Å². The highest BCUT2D eigenvalue weighted by Gasteiger charge is 2.42. The molecule has 0 saturated carbocycles. The molecule has 126 valence electrons. The monoisotopic (exact) mass is 325 g/mol. The molecule has 2 heterocycles. The van der Waals surface area contributed by atoms with Gasteiger partial charge in [0.05, 0.1) is 26.4 Å². The molecule has 2 aromatic rings. The molecule has 2 aliphatic rings. The van der Waals surface area contributed by atoms with Crippen molar-refractivity contribution in [3.05, 3.63) is 53.1 Å². The standard InChI is InChI=1S/C20H23NO3/c1-12-4-6-17-15(10-12)20-14(8-9-24-20)19(21-17)16-11-13(22-2)5-7-18(16)23-3/h4-7,10-11,14,19-21H,8-9H2,1-3H3. The van der Waals surface area contributed by atoms with Crippen molar-refractivity contribution < 1.29 is 14.2 Å². The lowest BCUT2D eigenvalue weighted by atomic mass is 9.80. The van der Waals surface area contributed by atoms with Crippen LogP contribution in [0.25, 0.3) is 0 Å². The Morgan fingerprint density at radius 2 is 1.92 bits per heavy atom. The molecule has 1 N–H and O–H groups in total. The number of hydrogen-bond donors (Lipinski definition) is 1. The number of methoxy groups -OCH3 is 2. The first kappa shape index (κ1) is 15.3. The maximum atomic E-state index is 6.11. The van der Waals surface area contributed by atoms with Gasteiger partial charge in [-0.15, -0.1) is 0 Å². The number of nitrogens with one attached hydrogen (secondary N) is 1. The van der Waals surface area contributed by atoms with Crippen LogP contribution in [-0.2, 0) is 4.74 Å². The van der Waals surface area contributed by atoms with E-state index < -0.39 is 0 Å². The lowest BCUT2D eigenvalue weighted by molar-refractivity contribution is 0.0826. The van der Waals surface area contributed by atoms with Crippen LogP contribution in [0.2, 0.25) is 0 Å². The second-order valence-electron chi connectivity index (χ2n) is 6.56. The van der Waals surface area contributed by atoms with Gasteiger partial charge in [0.1, 0.15) is 11.5 Å². The minimum atomic E-state index is 0.141. The van der Waals surface area contributed by atoms with Gasteiger partial charge in [0.2, 0.25) is 0 Å². The molecule has 0 bridgehead atoms. The summed E-state index contributed by atoms with van der Waals surface area (Å²) in [5, 5.41) is 3.72. The van der Waals surface area contributed by atoms with E-state index >= 15 is 0 Å². The van der Waals surface area contributed by atoms with Gasteiger partial charge in [-0.1, -0.05) is 17.7 Å². The van der Waals surface area contributed by atoms with Crippen LogP contribution in [0.5, 0.6) is 11.5 Å². The summed E-state index contributed by atoms with van der Waals surface area (Å²) in [6.45, 7) is 2.93. The molecule has 0 aromatic heterocycles. The average molecular weight is 325 g/mol. The van der Waals surface area contributed by atoms with Crippen molar-refractivity contribution in [1.29, 1.82) is 0 Å². The van der Waals surface area contributed by atoms with Gasteiger partial charge in [-0.05, 0) is 37.6 Å². The molecule has 0 aliphatic carbocycles. The van der Waals surface area contributed by atoms with Crippen LogP contribution in [0.15, 0.2) is 36.4 Å². The lowest BCUT2D eigenvalue weighted by Crippen LogP contribution is -2.29. The fourth-order valence-electron chi connectivity index (χ4n) is 3.98. The average Bonchev–Trinajstić information content (AvgIpc) is 3.10. The van der Waals surface area contributed by atoms with Gasteiger partial charge in [-0.25, -0.2) is 0 Å². The Bertz CT molecular complexity index is 759. The summed E-state index contributed by atoms with van der Waals surface area (Å²) in [5.41, 5.74) is 4.82. The van der Waals surface area contributed by atoms with Crippen molar-refractivity contribution in [2.75, 3.05) is 26.1 Å². The molecule has 24 heavy (non-hydrogen) atoms. The molecule has 0 radical (unpaired) electrons. The number of hydrogen-bond acceptors (Lipinski definition) is 4. The predicted octanol–water partition coefficient (Wildman–Crippen LogP) is 4.26. The van der Waals surface area contributed by atoms with Crippen LogP contribution in [-0.4, -0.2) is 20.8 Å². The maximum Gasteiger partial charge on any atom is 0.124 e. The fraction of sp³-hybridized carbons (Fsp3) is 0.400. The second-order valence-corrected chi connectivity index (χ2v) is 6.56. The van der Waals surface area contributed by atoms with Crippen molar-refractivity contribution >= 4 is 5.69 Å². The van der Waals surface area contributed by atoms with Crippen molar-refractivity contribution in [2.45, 2.75) is 25.5 Å². The topological polar surface area (TPSA) is 39.7 Å². The molecule has 4 rings (SSSR count). The zero-order valence-electron chi connectivity index (χ0n) is 14.3. The van der Waals surface area contributed by atoms with Crippen LogP contribution in [0, 0.1) is 12.8 Å². The number of rotatable bonds is 3. The van der Waals surface area contributed by atoms with Crippen molar-refractivity contribution in [2.24, 2.45) is 5.92 Å². The van der Waals surface area contributed by atoms with Gasteiger partial charge in [-0.3, -0.25) is 0 Å². The van der Waals surface area contributed by atoms with E-state index in [-0.39, 0.29) is 12.1 Å². The number of anilines is 1. The molecule has 0 amide bonds. The van der Waals surface area contributed by atoms with E-state index in [2.05, 4.69) is 36.5 Å². The summed E-state index contributed by atoms with van der Waals surface area (Å²) in [5.74, 6) is 2.12. The van der Waals surface area contributed by atoms with Crippen LogP contribution >= 0.6 is 0 Å². The highest BCUT2D eigenvalue weighted by molar-refractivity contribution is 5.59. The van der Waals surface area contributed by atoms with Crippen LogP contribution in [0.3, 0.4) is 0 Å². The first-order valence-electron chi connectivity index (χ1n) is 8.42. The van der Waals surface area contributed by atoms with Crippen molar-refractivity contribution in [1.82, 2.24) is 0 Å². The van der Waals surface area contributed by atoms with Crippen LogP contribution in [0.1, 0.15) is 35.3 Å². The Balaban J connectivity index is 1.81. The van der Waals surface area contributed by atoms with E-state index in [4.69, 9.17) is 14.2 Å². The van der Waals surface area contributed by atoms with Crippen molar-refractivity contribution in [3.63, 3.8) is 0 Å². The summed E-state index contributed by atoms with van der Waals surface area (Å²) in [7, 11) is 3.41. The summed E-state index contributed by atoms with van der Waals surface area (Å²) in [4.78, 5) is 0. The van der Waals surface area contributed by atoms with Gasteiger partial charge >= 0.3 is 0 Å². The third-order valence-electron chi connectivity index (χ3n) is 5.16. The molecule has 1 saturated heterocycles. The Kier molecular flexibility index (Phi) is 3.85. The van der Waals surface area contributed by atoms with Crippen molar-refractivity contribution in [3.8, 4) is 11.5 Å². The van der Waals surface area contributed by atoms with Gasteiger partial charge in [0.15, 0.2) is 0 Å². The highest BCUT2D eigenvalue weighted by Crippen LogP contribution is 2.51. The molecule has 3 unspecified atom stereocenters. The molecular weight excluding hydrogens is 302 g/mol. The molecule has 0 spiro atoms. The largest absolute Gasteiger partial charge is 0.497 e. The van der Waals surface area contributed by atoms with E-state index in [9.17, 15) is 0 Å². The minimum absolute atomic E-state index is 0.141. The maximum absolute atomic E-state index is 6.11. The van der Waals surface area contributed by atoms with E-state index in [1.165, 1.54) is 11.1 Å². The zero-order chi connectivity index (χ0) is 16.7. The quantitative estimate of drug-likeness (QED) is 0.915. The zero-order valence-corrected chi connectivity index (χ0v) is 14.3. The molecule has 3 atom stereocenters. The van der Waals surface area contributed by atoms with E-state index in [0.717, 1.165) is 35.8 Å². The smallest absolute Gasteiger partial charge is 0.124 e. The molecule has 2 aliphatic heterocycles. The van der Waals surface area contributed by atoms with E-state index in [0.29, 0.717) is 5.92 Å². The Hall–Kier alpha value is -2.20. The highest BCUT2D eigenvalue weighted by atomic mass is 16.5. The fourth-order valence-corrected chi connectivity index (χ4v) is 3.98. The molecule has 2 aromatic carbocycles. The SMILES string of the molecule is COc1ccc(OC)c(C2Nc3ccc(C)cc3C3OCCC23)c1. The van der Waals surface area contributed by atoms with Crippen LogP contribution in [0.4, 0.5) is 5.69 Å². The lowest BCUT2D eigenvalue weighted by Gasteiger charge is -2.37. The first-order valence-corrected chi connectivity index (χ1v) is 8.42. The van der Waals surface area contributed by atoms with Gasteiger partial charge in [0, 0.05) is 29.3 Å². The van der Waals surface area contributed by atoms with E-state index in [1.54, 1.807) is 14.2 Å². The molecule has 4 nitrogen and oxygen atoms in total. The minimum Gasteiger partial charge on any atom is -0.497 e. The summed E-state index contributed by atoms with van der Waals surface area (Å²) >= 11 is 0.